The molecule has 0 amide bonds. The van der Waals surface area contributed by atoms with Gasteiger partial charge in [-0.3, -0.25) is 4.90 Å². The van der Waals surface area contributed by atoms with E-state index >= 15 is 0 Å². The molecule has 0 aliphatic carbocycles. The predicted octanol–water partition coefficient (Wildman–Crippen LogP) is 1.54. The molecule has 3 rings (SSSR count). The maximum atomic E-state index is 12.8. The van der Waals surface area contributed by atoms with Gasteiger partial charge in [-0.15, -0.1) is 0 Å². The molecule has 11 heteroatoms. The fraction of sp³-hybridized carbons (Fsp3) is 0.611. The number of ether oxygens (including phenoxy) is 1. The molecule has 0 saturated carbocycles. The van der Waals surface area contributed by atoms with E-state index in [1.165, 1.54) is 16.4 Å². The first-order chi connectivity index (χ1) is 13.8. The van der Waals surface area contributed by atoms with Crippen LogP contribution in [0.3, 0.4) is 0 Å². The number of esters is 1. The summed E-state index contributed by atoms with van der Waals surface area (Å²) in [6.45, 7) is 8.17. The first kappa shape index (κ1) is 21.5. The second-order valence-corrected chi connectivity index (χ2v) is 9.09. The molecular weight excluding hydrogens is 400 g/mol. The molecule has 160 valence electrons. The minimum Gasteiger partial charge on any atom is -0.460 e. The molecule has 0 spiro atoms. The summed E-state index contributed by atoms with van der Waals surface area (Å²) in [6, 6.07) is 2.59. The Labute approximate surface area is 169 Å². The van der Waals surface area contributed by atoms with E-state index in [-0.39, 0.29) is 17.5 Å². The van der Waals surface area contributed by atoms with Crippen molar-refractivity contribution in [1.82, 2.24) is 19.3 Å². The van der Waals surface area contributed by atoms with Crippen LogP contribution >= 0.6 is 0 Å². The van der Waals surface area contributed by atoms with Crippen LogP contribution in [0.1, 0.15) is 43.0 Å². The minimum atomic E-state index is -3.81. The van der Waals surface area contributed by atoms with Gasteiger partial charge in [0.05, 0.1) is 13.2 Å². The summed E-state index contributed by atoms with van der Waals surface area (Å²) in [4.78, 5) is 18.1. The highest BCUT2D eigenvalue weighted by molar-refractivity contribution is 7.89. The molecule has 0 radical (unpaired) electrons. The highest BCUT2D eigenvalue weighted by Crippen LogP contribution is 2.21. The normalized spacial score (nSPS) is 16.4. The third-order valence-electron chi connectivity index (χ3n) is 4.44. The van der Waals surface area contributed by atoms with Gasteiger partial charge in [-0.25, -0.2) is 13.2 Å². The van der Waals surface area contributed by atoms with E-state index in [0.29, 0.717) is 50.4 Å². The maximum Gasteiger partial charge on any atom is 0.374 e. The van der Waals surface area contributed by atoms with Crippen molar-refractivity contribution in [3.63, 3.8) is 0 Å². The van der Waals surface area contributed by atoms with Crippen molar-refractivity contribution in [3.8, 4) is 0 Å². The van der Waals surface area contributed by atoms with Crippen LogP contribution in [0.15, 0.2) is 26.2 Å². The Kier molecular flexibility index (Phi) is 6.70. The SMILES string of the molecule is CCOC(=O)c1ccc(S(=O)(=O)N2CCN(Cc3noc(CC(C)C)n3)CC2)o1. The van der Waals surface area contributed by atoms with E-state index in [0.717, 1.165) is 6.42 Å². The lowest BCUT2D eigenvalue weighted by Gasteiger charge is -2.32. The number of rotatable bonds is 8. The van der Waals surface area contributed by atoms with Gasteiger partial charge in [-0.1, -0.05) is 19.0 Å². The van der Waals surface area contributed by atoms with Crippen LogP contribution in [0.25, 0.3) is 0 Å². The Hall–Kier alpha value is -2.24. The number of sulfonamides is 1. The first-order valence-electron chi connectivity index (χ1n) is 9.60. The van der Waals surface area contributed by atoms with E-state index in [1.54, 1.807) is 6.92 Å². The molecule has 0 bridgehead atoms. The number of carbonyl (C=O) groups excluding carboxylic acids is 1. The number of nitrogens with zero attached hydrogens (tertiary/aromatic N) is 4. The van der Waals surface area contributed by atoms with E-state index in [1.807, 2.05) is 0 Å². The van der Waals surface area contributed by atoms with Crippen LogP contribution < -0.4 is 0 Å². The largest absolute Gasteiger partial charge is 0.460 e. The second kappa shape index (κ2) is 9.06. The van der Waals surface area contributed by atoms with Crippen LogP contribution in [-0.4, -0.2) is 66.5 Å². The molecule has 10 nitrogen and oxygen atoms in total. The molecular formula is C18H26N4O6S. The molecule has 1 aliphatic rings. The van der Waals surface area contributed by atoms with Crippen molar-refractivity contribution in [1.29, 1.82) is 0 Å². The van der Waals surface area contributed by atoms with Crippen molar-refractivity contribution in [2.75, 3.05) is 32.8 Å². The molecule has 3 heterocycles. The summed E-state index contributed by atoms with van der Waals surface area (Å²) in [6.07, 6.45) is 0.732. The summed E-state index contributed by atoms with van der Waals surface area (Å²) in [7, 11) is -3.81. The molecule has 1 fully saturated rings. The minimum absolute atomic E-state index is 0.127. The van der Waals surface area contributed by atoms with Crippen LogP contribution in [0.2, 0.25) is 0 Å². The van der Waals surface area contributed by atoms with Gasteiger partial charge >= 0.3 is 5.97 Å². The summed E-state index contributed by atoms with van der Waals surface area (Å²) in [5.74, 6) is 0.839. The van der Waals surface area contributed by atoms with E-state index in [4.69, 9.17) is 13.7 Å². The predicted molar refractivity (Wildman–Crippen MR) is 102 cm³/mol. The number of hydrogen-bond acceptors (Lipinski definition) is 9. The Morgan fingerprint density at radius 2 is 1.97 bits per heavy atom. The van der Waals surface area contributed by atoms with Crippen molar-refractivity contribution >= 4 is 16.0 Å². The van der Waals surface area contributed by atoms with E-state index < -0.39 is 16.0 Å². The average Bonchev–Trinajstić information content (AvgIpc) is 3.32. The van der Waals surface area contributed by atoms with E-state index in [9.17, 15) is 13.2 Å². The summed E-state index contributed by atoms with van der Waals surface area (Å²) >= 11 is 0. The fourth-order valence-corrected chi connectivity index (χ4v) is 4.35. The molecule has 2 aromatic rings. The number of piperazine rings is 1. The zero-order chi connectivity index (χ0) is 21.0. The molecule has 0 N–H and O–H groups in total. The monoisotopic (exact) mass is 426 g/mol. The van der Waals surface area contributed by atoms with Gasteiger partial charge in [0.1, 0.15) is 0 Å². The summed E-state index contributed by atoms with van der Waals surface area (Å²) < 4.78 is 42.2. The van der Waals surface area contributed by atoms with Gasteiger partial charge in [0.15, 0.2) is 5.82 Å². The third-order valence-corrected chi connectivity index (χ3v) is 6.21. The van der Waals surface area contributed by atoms with E-state index in [2.05, 4.69) is 28.9 Å². The second-order valence-electron chi connectivity index (χ2n) is 7.22. The third kappa shape index (κ3) is 5.22. The Bertz CT molecular complexity index is 928. The van der Waals surface area contributed by atoms with Gasteiger partial charge < -0.3 is 13.7 Å². The molecule has 0 aromatic carbocycles. The van der Waals surface area contributed by atoms with Crippen LogP contribution in [0.4, 0.5) is 0 Å². The Morgan fingerprint density at radius 3 is 2.62 bits per heavy atom. The molecule has 0 atom stereocenters. The molecule has 2 aromatic heterocycles. The van der Waals surface area contributed by atoms with Crippen molar-refractivity contribution in [2.45, 2.75) is 38.8 Å². The van der Waals surface area contributed by atoms with Gasteiger partial charge in [-0.2, -0.15) is 9.29 Å². The van der Waals surface area contributed by atoms with Gasteiger partial charge in [0, 0.05) is 32.6 Å². The summed E-state index contributed by atoms with van der Waals surface area (Å²) in [5.41, 5.74) is 0. The standard InChI is InChI=1S/C18H26N4O6S/c1-4-26-18(23)14-5-6-17(27-14)29(24,25)22-9-7-21(8-10-22)12-15-19-16(28-20-15)11-13(2)3/h5-6,13H,4,7-12H2,1-3H3. The van der Waals surface area contributed by atoms with Crippen molar-refractivity contribution in [3.05, 3.63) is 29.6 Å². The lowest BCUT2D eigenvalue weighted by molar-refractivity contribution is 0.0483. The van der Waals surface area contributed by atoms with Crippen LogP contribution in [0.5, 0.6) is 0 Å². The zero-order valence-electron chi connectivity index (χ0n) is 16.8. The van der Waals surface area contributed by atoms with Crippen LogP contribution in [-0.2, 0) is 27.7 Å². The molecule has 29 heavy (non-hydrogen) atoms. The Balaban J connectivity index is 1.57. The Morgan fingerprint density at radius 1 is 1.24 bits per heavy atom. The van der Waals surface area contributed by atoms with Crippen LogP contribution in [0, 0.1) is 5.92 Å². The zero-order valence-corrected chi connectivity index (χ0v) is 17.6. The number of aromatic nitrogens is 2. The lowest BCUT2D eigenvalue weighted by atomic mass is 10.1. The topological polar surface area (TPSA) is 119 Å². The van der Waals surface area contributed by atoms with Gasteiger partial charge in [0.2, 0.25) is 16.7 Å². The lowest BCUT2D eigenvalue weighted by Crippen LogP contribution is -2.48. The highest BCUT2D eigenvalue weighted by Gasteiger charge is 2.32. The van der Waals surface area contributed by atoms with Crippen molar-refractivity contribution < 1.29 is 26.9 Å². The molecule has 0 unspecified atom stereocenters. The van der Waals surface area contributed by atoms with Gasteiger partial charge in [0.25, 0.3) is 10.0 Å². The summed E-state index contributed by atoms with van der Waals surface area (Å²) in [5, 5.41) is 3.74. The molecule has 1 aliphatic heterocycles. The smallest absolute Gasteiger partial charge is 0.374 e. The average molecular weight is 426 g/mol. The number of carbonyl (C=O) groups is 1. The maximum absolute atomic E-state index is 12.8. The van der Waals surface area contributed by atoms with Gasteiger partial charge in [-0.05, 0) is 25.0 Å². The first-order valence-corrected chi connectivity index (χ1v) is 11.0. The quantitative estimate of drug-likeness (QED) is 0.579. The number of hydrogen-bond donors (Lipinski definition) is 0. The molecule has 1 saturated heterocycles. The highest BCUT2D eigenvalue weighted by atomic mass is 32.2. The van der Waals surface area contributed by atoms with Crippen molar-refractivity contribution in [2.24, 2.45) is 5.92 Å². The number of furan rings is 1. The fourth-order valence-electron chi connectivity index (χ4n) is 3.01.